The molecule has 7 nitrogen and oxygen atoms in total. The van der Waals surface area contributed by atoms with Crippen LogP contribution in [0.1, 0.15) is 27.0 Å². The molecule has 1 aromatic heterocycles. The normalized spacial score (nSPS) is 10.2. The van der Waals surface area contributed by atoms with Crippen LogP contribution in [0.15, 0.2) is 24.5 Å². The Bertz CT molecular complexity index is 665. The van der Waals surface area contributed by atoms with Crippen molar-refractivity contribution in [2.75, 3.05) is 5.32 Å². The van der Waals surface area contributed by atoms with Crippen LogP contribution in [0.25, 0.3) is 0 Å². The van der Waals surface area contributed by atoms with Crippen LogP contribution >= 0.6 is 0 Å². The number of hydrogen-bond acceptors (Lipinski definition) is 3. The van der Waals surface area contributed by atoms with E-state index in [0.29, 0.717) is 17.8 Å². The lowest BCUT2D eigenvalue weighted by atomic mass is 10.0. The van der Waals surface area contributed by atoms with Crippen LogP contribution in [0.2, 0.25) is 0 Å². The minimum Gasteiger partial charge on any atom is -0.478 e. The number of carbonyl (C=O) groups is 2. The second-order valence-electron chi connectivity index (χ2n) is 4.69. The number of hydrogen-bond donors (Lipinski definition) is 4. The SMILES string of the molecule is Cc1cc(NC(=O)NCc2cn[nH]c2)cc(C(=O)O)c1C. The van der Waals surface area contributed by atoms with Crippen molar-refractivity contribution in [3.63, 3.8) is 0 Å². The summed E-state index contributed by atoms with van der Waals surface area (Å²) in [4.78, 5) is 22.9. The maximum Gasteiger partial charge on any atom is 0.336 e. The fourth-order valence-corrected chi connectivity index (χ4v) is 1.89. The van der Waals surface area contributed by atoms with Crippen LogP contribution in [0.5, 0.6) is 0 Å². The van der Waals surface area contributed by atoms with Crippen molar-refractivity contribution >= 4 is 17.7 Å². The van der Waals surface area contributed by atoms with E-state index in [-0.39, 0.29) is 5.56 Å². The Kier molecular flexibility index (Phi) is 4.22. The Hall–Kier alpha value is -2.83. The highest BCUT2D eigenvalue weighted by molar-refractivity contribution is 5.94. The van der Waals surface area contributed by atoms with Gasteiger partial charge in [-0.05, 0) is 37.1 Å². The Morgan fingerprint density at radius 1 is 1.33 bits per heavy atom. The van der Waals surface area contributed by atoms with Gasteiger partial charge in [-0.15, -0.1) is 0 Å². The summed E-state index contributed by atoms with van der Waals surface area (Å²) in [5, 5.41) is 20.8. The first-order valence-corrected chi connectivity index (χ1v) is 6.34. The molecule has 0 aliphatic heterocycles. The molecule has 1 aromatic carbocycles. The van der Waals surface area contributed by atoms with Crippen LogP contribution in [0.3, 0.4) is 0 Å². The third kappa shape index (κ3) is 3.59. The molecule has 21 heavy (non-hydrogen) atoms. The summed E-state index contributed by atoms with van der Waals surface area (Å²) in [5.41, 5.74) is 2.96. The number of anilines is 1. The van der Waals surface area contributed by atoms with Crippen LogP contribution in [0.4, 0.5) is 10.5 Å². The number of nitrogens with one attached hydrogen (secondary N) is 3. The van der Waals surface area contributed by atoms with Crippen LogP contribution in [0, 0.1) is 13.8 Å². The lowest BCUT2D eigenvalue weighted by Crippen LogP contribution is -2.28. The van der Waals surface area contributed by atoms with Gasteiger partial charge in [-0.3, -0.25) is 5.10 Å². The minimum atomic E-state index is -1.02. The molecule has 0 fully saturated rings. The molecule has 0 bridgehead atoms. The first kappa shape index (κ1) is 14.6. The lowest BCUT2D eigenvalue weighted by molar-refractivity contribution is 0.0696. The maximum absolute atomic E-state index is 11.8. The van der Waals surface area contributed by atoms with Crippen LogP contribution in [-0.2, 0) is 6.54 Å². The van der Waals surface area contributed by atoms with Gasteiger partial charge >= 0.3 is 12.0 Å². The summed E-state index contributed by atoms with van der Waals surface area (Å²) in [6.45, 7) is 3.87. The van der Waals surface area contributed by atoms with Gasteiger partial charge in [-0.25, -0.2) is 9.59 Å². The van der Waals surface area contributed by atoms with Gasteiger partial charge in [-0.1, -0.05) is 0 Å². The predicted molar refractivity (Wildman–Crippen MR) is 77.3 cm³/mol. The zero-order chi connectivity index (χ0) is 15.4. The topological polar surface area (TPSA) is 107 Å². The molecule has 0 aliphatic carbocycles. The van der Waals surface area contributed by atoms with E-state index >= 15 is 0 Å². The Labute approximate surface area is 121 Å². The van der Waals surface area contributed by atoms with Crippen molar-refractivity contribution in [2.24, 2.45) is 0 Å². The number of nitrogens with zero attached hydrogens (tertiary/aromatic N) is 1. The Morgan fingerprint density at radius 2 is 2.10 bits per heavy atom. The molecule has 1 heterocycles. The Balaban J connectivity index is 2.05. The number of aromatic carboxylic acids is 1. The highest BCUT2D eigenvalue weighted by Crippen LogP contribution is 2.20. The average Bonchev–Trinajstić information content (AvgIpc) is 2.93. The quantitative estimate of drug-likeness (QED) is 0.690. The number of amides is 2. The second-order valence-corrected chi connectivity index (χ2v) is 4.69. The molecule has 0 unspecified atom stereocenters. The van der Waals surface area contributed by atoms with Gasteiger partial charge in [0, 0.05) is 24.0 Å². The monoisotopic (exact) mass is 288 g/mol. The fourth-order valence-electron chi connectivity index (χ4n) is 1.89. The highest BCUT2D eigenvalue weighted by atomic mass is 16.4. The molecule has 110 valence electrons. The van der Waals surface area contributed by atoms with E-state index in [1.807, 2.05) is 0 Å². The van der Waals surface area contributed by atoms with Crippen molar-refractivity contribution < 1.29 is 14.7 Å². The molecule has 0 saturated carbocycles. The highest BCUT2D eigenvalue weighted by Gasteiger charge is 2.12. The van der Waals surface area contributed by atoms with Crippen LogP contribution < -0.4 is 10.6 Å². The summed E-state index contributed by atoms with van der Waals surface area (Å²) < 4.78 is 0. The van der Waals surface area contributed by atoms with Gasteiger partial charge in [0.2, 0.25) is 0 Å². The van der Waals surface area contributed by atoms with Crippen molar-refractivity contribution in [1.82, 2.24) is 15.5 Å². The zero-order valence-corrected chi connectivity index (χ0v) is 11.7. The second kappa shape index (κ2) is 6.08. The number of rotatable bonds is 4. The largest absolute Gasteiger partial charge is 0.478 e. The number of aromatic amines is 1. The number of carboxylic acid groups (broad SMARTS) is 1. The molecule has 2 aromatic rings. The van der Waals surface area contributed by atoms with Gasteiger partial charge < -0.3 is 15.7 Å². The number of urea groups is 1. The van der Waals surface area contributed by atoms with Gasteiger partial charge in [0.15, 0.2) is 0 Å². The maximum atomic E-state index is 11.8. The molecule has 0 saturated heterocycles. The van der Waals surface area contributed by atoms with Gasteiger partial charge in [0.1, 0.15) is 0 Å². The summed E-state index contributed by atoms with van der Waals surface area (Å²) >= 11 is 0. The number of H-pyrrole nitrogens is 1. The van der Waals surface area contributed by atoms with Crippen molar-refractivity contribution in [2.45, 2.75) is 20.4 Å². The van der Waals surface area contributed by atoms with Crippen molar-refractivity contribution in [3.8, 4) is 0 Å². The van der Waals surface area contributed by atoms with E-state index in [1.165, 1.54) is 6.07 Å². The standard InChI is InChI=1S/C14H16N4O3/c1-8-3-11(4-12(9(8)2)13(19)20)18-14(21)15-5-10-6-16-17-7-10/h3-4,6-7H,5H2,1-2H3,(H,16,17)(H,19,20)(H2,15,18,21). The van der Waals surface area contributed by atoms with E-state index < -0.39 is 12.0 Å². The van der Waals surface area contributed by atoms with Crippen molar-refractivity contribution in [3.05, 3.63) is 46.8 Å². The molecular formula is C14H16N4O3. The van der Waals surface area contributed by atoms with E-state index in [0.717, 1.165) is 11.1 Å². The molecule has 2 amide bonds. The predicted octanol–water partition coefficient (Wildman–Crippen LogP) is 2.05. The molecule has 4 N–H and O–H groups in total. The summed E-state index contributed by atoms with van der Waals surface area (Å²) in [6.07, 6.45) is 3.29. The number of aromatic nitrogens is 2. The van der Waals surface area contributed by atoms with Crippen molar-refractivity contribution in [1.29, 1.82) is 0 Å². The molecular weight excluding hydrogens is 272 g/mol. The minimum absolute atomic E-state index is 0.181. The molecule has 0 aliphatic rings. The molecule has 0 atom stereocenters. The van der Waals surface area contributed by atoms with Crippen LogP contribution in [-0.4, -0.2) is 27.3 Å². The molecule has 2 rings (SSSR count). The van der Waals surface area contributed by atoms with E-state index in [9.17, 15) is 9.59 Å². The van der Waals surface area contributed by atoms with Gasteiger partial charge in [0.25, 0.3) is 0 Å². The Morgan fingerprint density at radius 3 is 2.71 bits per heavy atom. The number of carboxylic acids is 1. The van der Waals surface area contributed by atoms with Gasteiger partial charge in [-0.2, -0.15) is 5.10 Å². The number of benzene rings is 1. The third-order valence-corrected chi connectivity index (χ3v) is 3.16. The fraction of sp³-hybridized carbons (Fsp3) is 0.214. The number of aryl methyl sites for hydroxylation is 1. The average molecular weight is 288 g/mol. The first-order chi connectivity index (χ1) is 9.97. The smallest absolute Gasteiger partial charge is 0.336 e. The van der Waals surface area contributed by atoms with Gasteiger partial charge in [0.05, 0.1) is 11.8 Å². The number of carbonyl (C=O) groups excluding carboxylic acids is 1. The first-order valence-electron chi connectivity index (χ1n) is 6.34. The summed E-state index contributed by atoms with van der Waals surface area (Å²) in [6, 6.07) is 2.78. The summed E-state index contributed by atoms with van der Waals surface area (Å²) in [5.74, 6) is -1.02. The van der Waals surface area contributed by atoms with E-state index in [4.69, 9.17) is 5.11 Å². The van der Waals surface area contributed by atoms with E-state index in [2.05, 4.69) is 20.8 Å². The summed E-state index contributed by atoms with van der Waals surface area (Å²) in [7, 11) is 0. The molecule has 7 heteroatoms. The van der Waals surface area contributed by atoms with E-state index in [1.54, 1.807) is 32.3 Å². The molecule has 0 spiro atoms. The zero-order valence-electron chi connectivity index (χ0n) is 11.7. The molecule has 0 radical (unpaired) electrons. The lowest BCUT2D eigenvalue weighted by Gasteiger charge is -2.11. The third-order valence-electron chi connectivity index (χ3n) is 3.16.